The SMILES string of the molecule is CC.CCC(CC)(CC(F)(F)F)SC1=CC=C(C)CC1.NCCc1csc2ccccc12. The molecule has 1 heterocycles. The number of hydrogen-bond acceptors (Lipinski definition) is 3. The normalized spacial score (nSPS) is 14.0. The van der Waals surface area contributed by atoms with Crippen molar-refractivity contribution in [1.29, 1.82) is 0 Å². The third kappa shape index (κ3) is 9.32. The summed E-state index contributed by atoms with van der Waals surface area (Å²) in [6.45, 7) is 10.5. The second-order valence-electron chi connectivity index (χ2n) is 7.73. The molecule has 0 bridgehead atoms. The largest absolute Gasteiger partial charge is 0.390 e. The number of benzene rings is 1. The minimum Gasteiger partial charge on any atom is -0.330 e. The van der Waals surface area contributed by atoms with Crippen LogP contribution < -0.4 is 5.73 Å². The summed E-state index contributed by atoms with van der Waals surface area (Å²) in [4.78, 5) is 1.09. The first-order valence-corrected chi connectivity index (χ1v) is 13.2. The highest BCUT2D eigenvalue weighted by molar-refractivity contribution is 8.04. The van der Waals surface area contributed by atoms with Crippen LogP contribution in [0.3, 0.4) is 0 Å². The highest BCUT2D eigenvalue weighted by Gasteiger charge is 2.41. The Balaban J connectivity index is 0.000000315. The first-order valence-electron chi connectivity index (χ1n) is 11.5. The smallest absolute Gasteiger partial charge is 0.330 e. The van der Waals surface area contributed by atoms with Crippen LogP contribution in [0, 0.1) is 0 Å². The van der Waals surface area contributed by atoms with Gasteiger partial charge in [0.1, 0.15) is 0 Å². The van der Waals surface area contributed by atoms with Crippen molar-refractivity contribution in [1.82, 2.24) is 0 Å². The lowest BCUT2D eigenvalue weighted by Crippen LogP contribution is -2.30. The van der Waals surface area contributed by atoms with E-state index >= 15 is 0 Å². The van der Waals surface area contributed by atoms with E-state index in [1.54, 1.807) is 11.3 Å². The van der Waals surface area contributed by atoms with Gasteiger partial charge in [-0.1, -0.05) is 63.6 Å². The van der Waals surface area contributed by atoms with Gasteiger partial charge in [-0.3, -0.25) is 0 Å². The van der Waals surface area contributed by atoms with E-state index in [9.17, 15) is 13.2 Å². The molecule has 0 spiro atoms. The maximum atomic E-state index is 12.7. The van der Waals surface area contributed by atoms with Crippen molar-refractivity contribution in [2.45, 2.75) is 84.1 Å². The molecule has 0 fully saturated rings. The van der Waals surface area contributed by atoms with Gasteiger partial charge in [0.25, 0.3) is 0 Å². The number of hydrogen-bond donors (Lipinski definition) is 1. The second kappa shape index (κ2) is 14.1. The van der Waals surface area contributed by atoms with Crippen molar-refractivity contribution in [2.75, 3.05) is 6.54 Å². The summed E-state index contributed by atoms with van der Waals surface area (Å²) in [6, 6.07) is 8.47. The molecular formula is C26H38F3NS2. The summed E-state index contributed by atoms with van der Waals surface area (Å²) in [5.74, 6) is 0. The molecule has 1 aromatic carbocycles. The Hall–Kier alpha value is -1.24. The molecule has 0 saturated carbocycles. The van der Waals surface area contributed by atoms with Gasteiger partial charge in [-0.25, -0.2) is 0 Å². The summed E-state index contributed by atoms with van der Waals surface area (Å²) in [5, 5.41) is 3.57. The van der Waals surface area contributed by atoms with Crippen LogP contribution >= 0.6 is 23.1 Å². The minimum atomic E-state index is -4.08. The summed E-state index contributed by atoms with van der Waals surface area (Å²) in [7, 11) is 0. The number of rotatable bonds is 7. The lowest BCUT2D eigenvalue weighted by Gasteiger charge is -2.33. The monoisotopic (exact) mass is 485 g/mol. The van der Waals surface area contributed by atoms with E-state index in [0.717, 1.165) is 30.7 Å². The van der Waals surface area contributed by atoms with E-state index in [-0.39, 0.29) is 0 Å². The van der Waals surface area contributed by atoms with Gasteiger partial charge in [-0.2, -0.15) is 13.2 Å². The molecule has 0 unspecified atom stereocenters. The van der Waals surface area contributed by atoms with Crippen LogP contribution in [-0.2, 0) is 6.42 Å². The Morgan fingerprint density at radius 1 is 1.03 bits per heavy atom. The average Bonchev–Trinajstić information content (AvgIpc) is 3.19. The summed E-state index contributed by atoms with van der Waals surface area (Å²) < 4.78 is 38.8. The van der Waals surface area contributed by atoms with Crippen molar-refractivity contribution in [3.05, 3.63) is 57.8 Å². The molecule has 0 aliphatic heterocycles. The zero-order valence-corrected chi connectivity index (χ0v) is 21.7. The van der Waals surface area contributed by atoms with Crippen LogP contribution in [-0.4, -0.2) is 17.5 Å². The minimum absolute atomic E-state index is 0.549. The molecule has 1 aliphatic rings. The molecule has 0 saturated heterocycles. The van der Waals surface area contributed by atoms with Crippen LogP contribution in [0.4, 0.5) is 13.2 Å². The van der Waals surface area contributed by atoms with E-state index < -0.39 is 17.3 Å². The fourth-order valence-corrected chi connectivity index (χ4v) is 5.93. The summed E-state index contributed by atoms with van der Waals surface area (Å²) in [5.41, 5.74) is 8.20. The van der Waals surface area contributed by atoms with Crippen LogP contribution in [0.5, 0.6) is 0 Å². The highest BCUT2D eigenvalue weighted by atomic mass is 32.2. The maximum absolute atomic E-state index is 12.7. The van der Waals surface area contributed by atoms with Crippen molar-refractivity contribution in [2.24, 2.45) is 5.73 Å². The van der Waals surface area contributed by atoms with E-state index in [1.807, 2.05) is 39.8 Å². The predicted octanol–water partition coefficient (Wildman–Crippen LogP) is 9.28. The van der Waals surface area contributed by atoms with Crippen LogP contribution in [0.25, 0.3) is 10.1 Å². The summed E-state index contributed by atoms with van der Waals surface area (Å²) >= 11 is 3.24. The van der Waals surface area contributed by atoms with Crippen LogP contribution in [0.1, 0.15) is 72.3 Å². The van der Waals surface area contributed by atoms with E-state index in [2.05, 4.69) is 36.6 Å². The molecule has 0 atom stereocenters. The lowest BCUT2D eigenvalue weighted by atomic mass is 9.98. The Labute approximate surface area is 200 Å². The van der Waals surface area contributed by atoms with Crippen LogP contribution in [0.15, 0.2) is 52.3 Å². The molecule has 6 heteroatoms. The van der Waals surface area contributed by atoms with Gasteiger partial charge in [0, 0.05) is 9.45 Å². The first kappa shape index (κ1) is 28.8. The third-order valence-electron chi connectivity index (χ3n) is 5.45. The Kier molecular flexibility index (Phi) is 12.7. The third-order valence-corrected chi connectivity index (χ3v) is 8.22. The molecular weight excluding hydrogens is 447 g/mol. The number of halogens is 3. The molecule has 2 N–H and O–H groups in total. The quantitative estimate of drug-likeness (QED) is 0.423. The van der Waals surface area contributed by atoms with Gasteiger partial charge in [0.2, 0.25) is 0 Å². The van der Waals surface area contributed by atoms with Gasteiger partial charge in [0.15, 0.2) is 0 Å². The number of thiophene rings is 1. The van der Waals surface area contributed by atoms with Gasteiger partial charge in [-0.05, 0) is 72.9 Å². The number of allylic oxidation sites excluding steroid dienone is 4. The van der Waals surface area contributed by atoms with Crippen LogP contribution in [0.2, 0.25) is 0 Å². The van der Waals surface area contributed by atoms with Gasteiger partial charge >= 0.3 is 6.18 Å². The molecule has 0 amide bonds. The fourth-order valence-electron chi connectivity index (χ4n) is 3.51. The van der Waals surface area contributed by atoms with Gasteiger partial charge in [0.05, 0.1) is 6.42 Å². The Morgan fingerprint density at radius 3 is 2.22 bits per heavy atom. The molecule has 1 nitrogen and oxygen atoms in total. The number of fused-ring (bicyclic) bond motifs is 1. The van der Waals surface area contributed by atoms with Crippen molar-refractivity contribution < 1.29 is 13.2 Å². The van der Waals surface area contributed by atoms with E-state index in [1.165, 1.54) is 33.0 Å². The van der Waals surface area contributed by atoms with E-state index in [0.29, 0.717) is 12.8 Å². The Bertz CT molecular complexity index is 861. The highest BCUT2D eigenvalue weighted by Crippen LogP contribution is 2.47. The van der Waals surface area contributed by atoms with Gasteiger partial charge < -0.3 is 5.73 Å². The molecule has 2 aromatic rings. The molecule has 32 heavy (non-hydrogen) atoms. The molecule has 1 aromatic heterocycles. The topological polar surface area (TPSA) is 26.0 Å². The average molecular weight is 486 g/mol. The molecule has 1 aliphatic carbocycles. The van der Waals surface area contributed by atoms with Gasteiger partial charge in [-0.15, -0.1) is 23.1 Å². The summed E-state index contributed by atoms with van der Waals surface area (Å²) in [6.07, 6.45) is 3.17. The zero-order valence-electron chi connectivity index (χ0n) is 20.0. The first-order chi connectivity index (χ1) is 15.2. The molecule has 0 radical (unpaired) electrons. The van der Waals surface area contributed by atoms with Crippen molar-refractivity contribution >= 4 is 33.2 Å². The maximum Gasteiger partial charge on any atom is 0.390 e. The zero-order chi connectivity index (χ0) is 24.2. The fraction of sp³-hybridized carbons (Fsp3) is 0.538. The predicted molar refractivity (Wildman–Crippen MR) is 139 cm³/mol. The Morgan fingerprint density at radius 2 is 1.69 bits per heavy atom. The van der Waals surface area contributed by atoms with Crippen molar-refractivity contribution in [3.63, 3.8) is 0 Å². The van der Waals surface area contributed by atoms with E-state index in [4.69, 9.17) is 5.73 Å². The van der Waals surface area contributed by atoms with Crippen molar-refractivity contribution in [3.8, 4) is 0 Å². The number of alkyl halides is 3. The number of nitrogens with two attached hydrogens (primary N) is 1. The molecule has 3 rings (SSSR count). The molecule has 180 valence electrons. The lowest BCUT2D eigenvalue weighted by molar-refractivity contribution is -0.141. The second-order valence-corrected chi connectivity index (χ2v) is 10.2. The number of thioether (sulfide) groups is 1. The standard InChI is InChI=1S/C14H21F3S.C10H11NS.C2H6/c1-4-13(5-2,10-14(15,16)17)18-12-8-6-11(3)7-9-12;11-6-5-8-7-12-10-4-2-1-3-9(8)10;1-2/h6,8H,4-5,7,9-10H2,1-3H3;1-4,7H,5-6,11H2;1-2H3.